The molecule has 2 heteroatoms. The average Bonchev–Trinajstić information content (AvgIpc) is 2.26. The average molecular weight is 172 g/mol. The van der Waals surface area contributed by atoms with Crippen LogP contribution in [0.2, 0.25) is 0 Å². The quantitative estimate of drug-likeness (QED) is 0.651. The van der Waals surface area contributed by atoms with Crippen LogP contribution in [-0.4, -0.2) is 10.4 Å². The lowest BCUT2D eigenvalue weighted by Gasteiger charge is -2.11. The maximum absolute atomic E-state index is 11.0. The minimum Gasteiger partial charge on any atom is -0.287 e. The van der Waals surface area contributed by atoms with Gasteiger partial charge in [-0.1, -0.05) is 38.5 Å². The van der Waals surface area contributed by atoms with Crippen molar-refractivity contribution in [3.8, 4) is 0 Å². The predicted molar refractivity (Wildman–Crippen MR) is 49.7 cm³/mol. The fraction of sp³-hybridized carbons (Fsp3) is 0.889. The van der Waals surface area contributed by atoms with E-state index in [4.69, 9.17) is 0 Å². The maximum Gasteiger partial charge on any atom is 0.189 e. The van der Waals surface area contributed by atoms with Gasteiger partial charge in [-0.15, -0.1) is 0 Å². The fourth-order valence-electron chi connectivity index (χ4n) is 1.48. The van der Waals surface area contributed by atoms with E-state index in [1.54, 1.807) is 11.8 Å². The molecule has 1 rings (SSSR count). The van der Waals surface area contributed by atoms with E-state index in [2.05, 4.69) is 13.8 Å². The Bertz CT molecular complexity index is 144. The van der Waals surface area contributed by atoms with Crippen molar-refractivity contribution >= 4 is 16.9 Å². The second-order valence-corrected chi connectivity index (χ2v) is 4.65. The van der Waals surface area contributed by atoms with E-state index >= 15 is 0 Å². The van der Waals surface area contributed by atoms with Gasteiger partial charge in [0, 0.05) is 11.7 Å². The molecule has 0 saturated carbocycles. The van der Waals surface area contributed by atoms with Crippen LogP contribution >= 0.6 is 11.8 Å². The van der Waals surface area contributed by atoms with Crippen molar-refractivity contribution in [1.82, 2.24) is 0 Å². The summed E-state index contributed by atoms with van der Waals surface area (Å²) in [6.07, 6.45) is 4.56. The first-order chi connectivity index (χ1) is 5.24. The van der Waals surface area contributed by atoms with Crippen LogP contribution in [0.15, 0.2) is 0 Å². The van der Waals surface area contributed by atoms with Crippen LogP contribution in [0.3, 0.4) is 0 Å². The van der Waals surface area contributed by atoms with Crippen molar-refractivity contribution in [1.29, 1.82) is 0 Å². The van der Waals surface area contributed by atoms with Gasteiger partial charge in [0.1, 0.15) is 0 Å². The van der Waals surface area contributed by atoms with E-state index in [9.17, 15) is 4.79 Å². The molecule has 0 aliphatic carbocycles. The molecule has 1 heterocycles. The summed E-state index contributed by atoms with van der Waals surface area (Å²) < 4.78 is 0. The van der Waals surface area contributed by atoms with Crippen molar-refractivity contribution in [2.24, 2.45) is 5.92 Å². The van der Waals surface area contributed by atoms with Gasteiger partial charge in [-0.05, 0) is 12.3 Å². The highest BCUT2D eigenvalue weighted by Gasteiger charge is 2.29. The van der Waals surface area contributed by atoms with Crippen molar-refractivity contribution in [3.63, 3.8) is 0 Å². The smallest absolute Gasteiger partial charge is 0.189 e. The summed E-state index contributed by atoms with van der Waals surface area (Å²) in [4.78, 5) is 11.0. The van der Waals surface area contributed by atoms with Crippen LogP contribution in [0.5, 0.6) is 0 Å². The molecule has 0 aromatic rings. The second-order valence-electron chi connectivity index (χ2n) is 3.35. The standard InChI is InChI=1S/C9H16OS/c1-3-4-5-8-7(2)6-9(10)11-8/h7-8H,3-6H2,1-2H3/t7-,8-/m0/s1. The molecule has 0 radical (unpaired) electrons. The molecule has 64 valence electrons. The first kappa shape index (κ1) is 9.11. The number of hydrogen-bond donors (Lipinski definition) is 0. The molecule has 0 bridgehead atoms. The SMILES string of the molecule is CCCC[C@@H]1SC(=O)C[C@@H]1C. The summed E-state index contributed by atoms with van der Waals surface area (Å²) in [5.74, 6) is 0.624. The van der Waals surface area contributed by atoms with Gasteiger partial charge in [-0.25, -0.2) is 0 Å². The van der Waals surface area contributed by atoms with Crippen LogP contribution in [-0.2, 0) is 4.79 Å². The van der Waals surface area contributed by atoms with Crippen molar-refractivity contribution in [2.75, 3.05) is 0 Å². The van der Waals surface area contributed by atoms with E-state index < -0.39 is 0 Å². The van der Waals surface area contributed by atoms with Gasteiger partial charge < -0.3 is 0 Å². The molecule has 1 saturated heterocycles. The summed E-state index contributed by atoms with van der Waals surface area (Å²) >= 11 is 1.57. The lowest BCUT2D eigenvalue weighted by atomic mass is 10.0. The first-order valence-electron chi connectivity index (χ1n) is 4.43. The van der Waals surface area contributed by atoms with Crippen LogP contribution in [0.1, 0.15) is 39.5 Å². The van der Waals surface area contributed by atoms with Gasteiger partial charge >= 0.3 is 0 Å². The molecule has 1 aliphatic heterocycles. The van der Waals surface area contributed by atoms with E-state index in [0.717, 1.165) is 6.42 Å². The Morgan fingerprint density at radius 2 is 2.36 bits per heavy atom. The lowest BCUT2D eigenvalue weighted by molar-refractivity contribution is -0.110. The Kier molecular flexibility index (Phi) is 3.44. The molecule has 1 nitrogen and oxygen atoms in total. The molecule has 11 heavy (non-hydrogen) atoms. The zero-order valence-electron chi connectivity index (χ0n) is 7.30. The maximum atomic E-state index is 11.0. The third-order valence-corrected chi connectivity index (χ3v) is 3.68. The highest BCUT2D eigenvalue weighted by molar-refractivity contribution is 8.14. The van der Waals surface area contributed by atoms with Gasteiger partial charge in [0.05, 0.1) is 0 Å². The number of rotatable bonds is 3. The summed E-state index contributed by atoms with van der Waals surface area (Å²) in [7, 11) is 0. The number of hydrogen-bond acceptors (Lipinski definition) is 2. The minimum absolute atomic E-state index is 0.401. The normalized spacial score (nSPS) is 31.3. The molecular formula is C9H16OS. The molecule has 2 atom stereocenters. The summed E-state index contributed by atoms with van der Waals surface area (Å²) in [6.45, 7) is 4.39. The van der Waals surface area contributed by atoms with Crippen molar-refractivity contribution in [2.45, 2.75) is 44.8 Å². The summed E-state index contributed by atoms with van der Waals surface area (Å²) in [6, 6.07) is 0. The van der Waals surface area contributed by atoms with Gasteiger partial charge in [0.2, 0.25) is 0 Å². The Hall–Kier alpha value is 0.0200. The molecule has 0 N–H and O–H groups in total. The highest BCUT2D eigenvalue weighted by atomic mass is 32.2. The Morgan fingerprint density at radius 3 is 2.82 bits per heavy atom. The summed E-state index contributed by atoms with van der Waals surface area (Å²) in [5.41, 5.74) is 0. The number of carbonyl (C=O) groups excluding carboxylic acids is 1. The second kappa shape index (κ2) is 4.15. The topological polar surface area (TPSA) is 17.1 Å². The largest absolute Gasteiger partial charge is 0.287 e. The lowest BCUT2D eigenvalue weighted by Crippen LogP contribution is -2.06. The zero-order chi connectivity index (χ0) is 8.27. The molecular weight excluding hydrogens is 156 g/mol. The highest BCUT2D eigenvalue weighted by Crippen LogP contribution is 2.36. The summed E-state index contributed by atoms with van der Waals surface area (Å²) in [5, 5.41) is 1.03. The van der Waals surface area contributed by atoms with Crippen LogP contribution < -0.4 is 0 Å². The predicted octanol–water partition coefficient (Wildman–Crippen LogP) is 2.84. The van der Waals surface area contributed by atoms with Crippen LogP contribution in [0, 0.1) is 5.92 Å². The van der Waals surface area contributed by atoms with E-state index in [-0.39, 0.29) is 0 Å². The monoisotopic (exact) mass is 172 g/mol. The first-order valence-corrected chi connectivity index (χ1v) is 5.31. The van der Waals surface area contributed by atoms with Crippen LogP contribution in [0.25, 0.3) is 0 Å². The fourth-order valence-corrected chi connectivity index (χ4v) is 2.79. The van der Waals surface area contributed by atoms with E-state index in [1.807, 2.05) is 0 Å². The number of thioether (sulfide) groups is 1. The van der Waals surface area contributed by atoms with Crippen LogP contribution in [0.4, 0.5) is 0 Å². The molecule has 1 fully saturated rings. The molecule has 0 amide bonds. The van der Waals surface area contributed by atoms with Gasteiger partial charge in [-0.3, -0.25) is 4.79 Å². The Labute approximate surface area is 72.9 Å². The molecule has 0 unspecified atom stereocenters. The third kappa shape index (κ3) is 2.51. The van der Waals surface area contributed by atoms with Crippen molar-refractivity contribution < 1.29 is 4.79 Å². The third-order valence-electron chi connectivity index (χ3n) is 2.25. The van der Waals surface area contributed by atoms with Gasteiger partial charge in [-0.2, -0.15) is 0 Å². The van der Waals surface area contributed by atoms with E-state index in [0.29, 0.717) is 16.3 Å². The molecule has 0 aromatic heterocycles. The number of unbranched alkanes of at least 4 members (excludes halogenated alkanes) is 1. The van der Waals surface area contributed by atoms with Crippen molar-refractivity contribution in [3.05, 3.63) is 0 Å². The molecule has 0 aromatic carbocycles. The Morgan fingerprint density at radius 1 is 1.64 bits per heavy atom. The number of carbonyl (C=O) groups is 1. The zero-order valence-corrected chi connectivity index (χ0v) is 8.12. The Balaban J connectivity index is 2.28. The van der Waals surface area contributed by atoms with Gasteiger partial charge in [0.15, 0.2) is 5.12 Å². The molecule has 0 spiro atoms. The van der Waals surface area contributed by atoms with Gasteiger partial charge in [0.25, 0.3) is 0 Å². The molecule has 1 aliphatic rings. The minimum atomic E-state index is 0.401. The van der Waals surface area contributed by atoms with E-state index in [1.165, 1.54) is 19.3 Å².